The first-order chi connectivity index (χ1) is 12.1. The predicted octanol–water partition coefficient (Wildman–Crippen LogP) is 4.73. The van der Waals surface area contributed by atoms with Gasteiger partial charge in [0.1, 0.15) is 5.76 Å². The van der Waals surface area contributed by atoms with E-state index in [1.807, 2.05) is 42.5 Å². The summed E-state index contributed by atoms with van der Waals surface area (Å²) in [5.41, 5.74) is 2.37. The van der Waals surface area contributed by atoms with Crippen LogP contribution in [0.15, 0.2) is 57.6 Å². The van der Waals surface area contributed by atoms with Crippen LogP contribution in [0.25, 0.3) is 0 Å². The van der Waals surface area contributed by atoms with Crippen LogP contribution in [0.1, 0.15) is 47.3 Å². The summed E-state index contributed by atoms with van der Waals surface area (Å²) >= 11 is 3.52. The molecule has 0 unspecified atom stereocenters. The predicted molar refractivity (Wildman–Crippen MR) is 99.1 cm³/mol. The van der Waals surface area contributed by atoms with E-state index in [0.717, 1.165) is 21.5 Å². The molecule has 0 aliphatic rings. The summed E-state index contributed by atoms with van der Waals surface area (Å²) in [7, 11) is 0. The van der Waals surface area contributed by atoms with Crippen LogP contribution in [0, 0.1) is 0 Å². The van der Waals surface area contributed by atoms with Gasteiger partial charge in [-0.1, -0.05) is 44.2 Å². The Hall–Kier alpha value is -2.34. The molecule has 2 heterocycles. The fourth-order valence-electron chi connectivity index (χ4n) is 2.61. The van der Waals surface area contributed by atoms with Crippen molar-refractivity contribution in [1.82, 2.24) is 15.1 Å². The fraction of sp³-hybridized carbons (Fsp3) is 0.263. The smallest absolute Gasteiger partial charge is 0.276 e. The Labute approximate surface area is 155 Å². The monoisotopic (exact) mass is 401 g/mol. The molecule has 1 amide bonds. The van der Waals surface area contributed by atoms with Crippen molar-refractivity contribution in [2.75, 3.05) is 0 Å². The summed E-state index contributed by atoms with van der Waals surface area (Å²) in [5, 5.41) is 7.20. The van der Waals surface area contributed by atoms with Crippen molar-refractivity contribution >= 4 is 21.8 Å². The zero-order chi connectivity index (χ0) is 17.8. The molecular weight excluding hydrogens is 382 g/mol. The van der Waals surface area contributed by atoms with Gasteiger partial charge in [-0.3, -0.25) is 9.89 Å². The molecule has 3 aromatic rings. The van der Waals surface area contributed by atoms with E-state index >= 15 is 0 Å². The number of aromatic amines is 1. The van der Waals surface area contributed by atoms with Gasteiger partial charge in [-0.2, -0.15) is 5.10 Å². The second kappa shape index (κ2) is 7.70. The van der Waals surface area contributed by atoms with Gasteiger partial charge in [-0.15, -0.1) is 0 Å². The van der Waals surface area contributed by atoms with Crippen molar-refractivity contribution in [1.29, 1.82) is 0 Å². The van der Waals surface area contributed by atoms with Gasteiger partial charge in [-0.05, 0) is 39.5 Å². The molecule has 0 radical (unpaired) electrons. The largest absolute Gasteiger partial charge is 0.467 e. The molecular formula is C19H20BrN3O2. The number of hydrogen-bond donors (Lipinski definition) is 1. The van der Waals surface area contributed by atoms with Crippen LogP contribution in [0.4, 0.5) is 0 Å². The average Bonchev–Trinajstić information content (AvgIpc) is 3.24. The molecule has 0 bridgehead atoms. The van der Waals surface area contributed by atoms with Crippen LogP contribution in [0.2, 0.25) is 0 Å². The lowest BCUT2D eigenvalue weighted by Gasteiger charge is -2.21. The lowest BCUT2D eigenvalue weighted by atomic mass is 10.1. The number of nitrogens with zero attached hydrogens (tertiary/aromatic N) is 2. The van der Waals surface area contributed by atoms with Gasteiger partial charge >= 0.3 is 0 Å². The molecule has 5 nitrogen and oxygen atoms in total. The highest BCUT2D eigenvalue weighted by Gasteiger charge is 2.25. The number of halogens is 1. The molecule has 1 N–H and O–H groups in total. The molecule has 1 aromatic carbocycles. The van der Waals surface area contributed by atoms with E-state index in [2.05, 4.69) is 40.0 Å². The van der Waals surface area contributed by atoms with E-state index in [9.17, 15) is 4.79 Å². The number of rotatable bonds is 6. The zero-order valence-electron chi connectivity index (χ0n) is 14.2. The Morgan fingerprint density at radius 3 is 2.56 bits per heavy atom. The Morgan fingerprint density at radius 2 is 1.96 bits per heavy atom. The molecule has 0 aliphatic carbocycles. The highest BCUT2D eigenvalue weighted by atomic mass is 79.9. The standard InChI is InChI=1S/C19H20BrN3O2/c1-13(2)17-16(20)18(22-21-17)19(24)23(12-15-9-6-10-25-15)11-14-7-4-3-5-8-14/h3-10,13H,11-12H2,1-2H3,(H,21,22). The van der Waals surface area contributed by atoms with Crippen molar-refractivity contribution in [2.24, 2.45) is 0 Å². The van der Waals surface area contributed by atoms with Crippen molar-refractivity contribution in [3.63, 3.8) is 0 Å². The molecule has 25 heavy (non-hydrogen) atoms. The van der Waals surface area contributed by atoms with Gasteiger partial charge in [-0.25, -0.2) is 0 Å². The lowest BCUT2D eigenvalue weighted by Crippen LogP contribution is -2.30. The minimum Gasteiger partial charge on any atom is -0.467 e. The van der Waals surface area contributed by atoms with Gasteiger partial charge in [0, 0.05) is 6.54 Å². The molecule has 130 valence electrons. The topological polar surface area (TPSA) is 62.1 Å². The minimum atomic E-state index is -0.143. The van der Waals surface area contributed by atoms with E-state index in [4.69, 9.17) is 4.42 Å². The Balaban J connectivity index is 1.88. The van der Waals surface area contributed by atoms with Crippen molar-refractivity contribution in [3.8, 4) is 0 Å². The number of carbonyl (C=O) groups excluding carboxylic acids is 1. The first-order valence-corrected chi connectivity index (χ1v) is 8.95. The summed E-state index contributed by atoms with van der Waals surface area (Å²) in [6, 6.07) is 13.6. The first-order valence-electron chi connectivity index (χ1n) is 8.15. The number of amides is 1. The third kappa shape index (κ3) is 4.02. The summed E-state index contributed by atoms with van der Waals surface area (Å²) in [6.45, 7) is 4.97. The third-order valence-electron chi connectivity index (χ3n) is 3.94. The third-order valence-corrected chi connectivity index (χ3v) is 4.75. The maximum Gasteiger partial charge on any atom is 0.276 e. The van der Waals surface area contributed by atoms with Crippen LogP contribution < -0.4 is 0 Å². The quantitative estimate of drug-likeness (QED) is 0.649. The first kappa shape index (κ1) is 17.5. The van der Waals surface area contributed by atoms with Gasteiger partial charge < -0.3 is 9.32 Å². The van der Waals surface area contributed by atoms with Crippen molar-refractivity contribution in [2.45, 2.75) is 32.9 Å². The summed E-state index contributed by atoms with van der Waals surface area (Å²) < 4.78 is 6.15. The van der Waals surface area contributed by atoms with Crippen LogP contribution in [-0.4, -0.2) is 21.0 Å². The van der Waals surface area contributed by atoms with E-state index in [-0.39, 0.29) is 11.8 Å². The van der Waals surface area contributed by atoms with Gasteiger partial charge in [0.15, 0.2) is 5.69 Å². The van der Waals surface area contributed by atoms with Crippen LogP contribution in [0.5, 0.6) is 0 Å². The van der Waals surface area contributed by atoms with Gasteiger partial charge in [0.25, 0.3) is 5.91 Å². The molecule has 0 saturated heterocycles. The van der Waals surface area contributed by atoms with Gasteiger partial charge in [0.2, 0.25) is 0 Å². The Morgan fingerprint density at radius 1 is 1.20 bits per heavy atom. The molecule has 0 atom stereocenters. The lowest BCUT2D eigenvalue weighted by molar-refractivity contribution is 0.0710. The second-order valence-corrected chi connectivity index (χ2v) is 6.97. The van der Waals surface area contributed by atoms with E-state index in [0.29, 0.717) is 18.8 Å². The zero-order valence-corrected chi connectivity index (χ0v) is 15.8. The minimum absolute atomic E-state index is 0.143. The molecule has 0 saturated carbocycles. The number of furan rings is 1. The highest BCUT2D eigenvalue weighted by molar-refractivity contribution is 9.10. The van der Waals surface area contributed by atoms with Crippen LogP contribution in [0.3, 0.4) is 0 Å². The van der Waals surface area contributed by atoms with Crippen molar-refractivity contribution in [3.05, 3.63) is 75.9 Å². The maximum absolute atomic E-state index is 13.1. The van der Waals surface area contributed by atoms with E-state index in [1.54, 1.807) is 11.2 Å². The number of carbonyl (C=O) groups is 1. The summed E-state index contributed by atoms with van der Waals surface area (Å²) in [5.74, 6) is 0.839. The van der Waals surface area contributed by atoms with Crippen LogP contribution >= 0.6 is 15.9 Å². The Bertz CT molecular complexity index is 826. The summed E-state index contributed by atoms with van der Waals surface area (Å²) in [4.78, 5) is 14.8. The average molecular weight is 402 g/mol. The molecule has 3 rings (SSSR count). The van der Waals surface area contributed by atoms with Crippen molar-refractivity contribution < 1.29 is 9.21 Å². The summed E-state index contributed by atoms with van der Waals surface area (Å²) in [6.07, 6.45) is 1.61. The number of aromatic nitrogens is 2. The highest BCUT2D eigenvalue weighted by Crippen LogP contribution is 2.27. The molecule has 0 spiro atoms. The Kier molecular flexibility index (Phi) is 5.38. The number of H-pyrrole nitrogens is 1. The molecule has 0 aliphatic heterocycles. The van der Waals surface area contributed by atoms with E-state index in [1.165, 1.54) is 0 Å². The normalized spacial score (nSPS) is 11.0. The molecule has 0 fully saturated rings. The second-order valence-electron chi connectivity index (χ2n) is 6.18. The van der Waals surface area contributed by atoms with E-state index < -0.39 is 0 Å². The molecule has 2 aromatic heterocycles. The SMILES string of the molecule is CC(C)c1[nH]nc(C(=O)N(Cc2ccccc2)Cc2ccco2)c1Br. The van der Waals surface area contributed by atoms with Gasteiger partial charge in [0.05, 0.1) is 23.0 Å². The number of benzene rings is 1. The van der Waals surface area contributed by atoms with Crippen LogP contribution in [-0.2, 0) is 13.1 Å². The maximum atomic E-state index is 13.1. The number of hydrogen-bond acceptors (Lipinski definition) is 3. The number of nitrogens with one attached hydrogen (secondary N) is 1. The molecule has 6 heteroatoms. The fourth-order valence-corrected chi connectivity index (χ4v) is 3.41.